The van der Waals surface area contributed by atoms with Crippen molar-refractivity contribution in [1.82, 2.24) is 0 Å². The fourth-order valence-electron chi connectivity index (χ4n) is 0.760. The highest BCUT2D eigenvalue weighted by Crippen LogP contribution is 1.96. The molecule has 0 aliphatic rings. The molecule has 1 N–H and O–H groups in total. The van der Waals surface area contributed by atoms with Gasteiger partial charge in [-0.3, -0.25) is 0 Å². The van der Waals surface area contributed by atoms with Crippen LogP contribution in [0.1, 0.15) is 19.4 Å². The Hall–Kier alpha value is -1.31. The molecule has 0 atom stereocenters. The lowest BCUT2D eigenvalue weighted by atomic mass is 10.2. The molecule has 0 unspecified atom stereocenters. The molecule has 0 amide bonds. The van der Waals surface area contributed by atoms with E-state index >= 15 is 0 Å². The van der Waals surface area contributed by atoms with Gasteiger partial charge in [0.15, 0.2) is 0 Å². The van der Waals surface area contributed by atoms with Crippen LogP contribution in [0.3, 0.4) is 0 Å². The van der Waals surface area contributed by atoms with Gasteiger partial charge in [-0.15, -0.1) is 5.16 Å². The molecule has 1 aromatic carbocycles. The van der Waals surface area contributed by atoms with Crippen molar-refractivity contribution in [2.45, 2.75) is 20.3 Å². The fraction of sp³-hybridized carbons (Fsp3) is 0.300. The monoisotopic (exact) mass is 165 g/mol. The van der Waals surface area contributed by atoms with Crippen LogP contribution in [-0.2, 0) is 6.42 Å². The van der Waals surface area contributed by atoms with Gasteiger partial charge in [-0.25, -0.2) is 0 Å². The van der Waals surface area contributed by atoms with Gasteiger partial charge in [0.1, 0.15) is 0 Å². The van der Waals surface area contributed by atoms with Crippen molar-refractivity contribution in [2.75, 3.05) is 0 Å². The summed E-state index contributed by atoms with van der Waals surface area (Å²) in [4.78, 5) is 0. The average Bonchev–Trinajstić information content (AvgIpc) is 2.19. The van der Waals surface area contributed by atoms with Gasteiger partial charge in [0, 0.05) is 12.6 Å². The third-order valence-corrected chi connectivity index (χ3v) is 1.25. The summed E-state index contributed by atoms with van der Waals surface area (Å²) < 4.78 is 0. The molecule has 12 heavy (non-hydrogen) atoms. The van der Waals surface area contributed by atoms with Crippen LogP contribution in [-0.4, -0.2) is 11.4 Å². The number of nitrogens with zero attached hydrogens (tertiary/aromatic N) is 1. The molecule has 0 saturated heterocycles. The summed E-state index contributed by atoms with van der Waals surface area (Å²) in [7, 11) is 0. The van der Waals surface area contributed by atoms with Crippen molar-refractivity contribution in [3.05, 3.63) is 35.9 Å². The molecule has 1 aromatic rings. The number of hydrogen-bond donors (Lipinski definition) is 1. The van der Waals surface area contributed by atoms with E-state index in [-0.39, 0.29) is 0 Å². The zero-order valence-corrected chi connectivity index (χ0v) is 7.57. The molecule has 0 bridgehead atoms. The van der Waals surface area contributed by atoms with Gasteiger partial charge in [0.2, 0.25) is 0 Å². The highest BCUT2D eigenvalue weighted by atomic mass is 16.4. The molecule has 0 spiro atoms. The summed E-state index contributed by atoms with van der Waals surface area (Å²) in [6, 6.07) is 9.85. The largest absolute Gasteiger partial charge is 0.411 e. The molecular formula is C10H15NO. The quantitative estimate of drug-likeness (QED) is 0.408. The maximum Gasteiger partial charge on any atom is 0.0479 e. The summed E-state index contributed by atoms with van der Waals surface area (Å²) in [5, 5.41) is 11.0. The van der Waals surface area contributed by atoms with Crippen LogP contribution in [0.25, 0.3) is 0 Å². The smallest absolute Gasteiger partial charge is 0.0479 e. The summed E-state index contributed by atoms with van der Waals surface area (Å²) in [6.07, 6.45) is 2.16. The molecular weight excluding hydrogens is 150 g/mol. The third-order valence-electron chi connectivity index (χ3n) is 1.25. The first-order valence-corrected chi connectivity index (χ1v) is 4.13. The van der Waals surface area contributed by atoms with Crippen molar-refractivity contribution in [3.8, 4) is 0 Å². The molecule has 0 fully saturated rings. The van der Waals surface area contributed by atoms with E-state index in [1.165, 1.54) is 6.21 Å². The molecule has 2 heteroatoms. The summed E-state index contributed by atoms with van der Waals surface area (Å²) in [5.74, 6) is 0. The van der Waals surface area contributed by atoms with Crippen molar-refractivity contribution < 1.29 is 5.21 Å². The zero-order chi connectivity index (χ0) is 9.23. The zero-order valence-electron chi connectivity index (χ0n) is 7.57. The van der Waals surface area contributed by atoms with Gasteiger partial charge < -0.3 is 5.21 Å². The molecule has 1 rings (SSSR count). The maximum absolute atomic E-state index is 8.10. The van der Waals surface area contributed by atoms with Crippen LogP contribution >= 0.6 is 0 Å². The molecule has 0 heterocycles. The van der Waals surface area contributed by atoms with E-state index in [2.05, 4.69) is 5.16 Å². The maximum atomic E-state index is 8.10. The highest BCUT2D eigenvalue weighted by Gasteiger charge is 1.84. The predicted octanol–water partition coefficient (Wildman–Crippen LogP) is 2.72. The van der Waals surface area contributed by atoms with E-state index in [1.54, 1.807) is 0 Å². The minimum atomic E-state index is 0.692. The lowest BCUT2D eigenvalue weighted by Crippen LogP contribution is -1.83. The van der Waals surface area contributed by atoms with Gasteiger partial charge >= 0.3 is 0 Å². The lowest BCUT2D eigenvalue weighted by molar-refractivity contribution is 0.321. The van der Waals surface area contributed by atoms with Gasteiger partial charge in [0.25, 0.3) is 0 Å². The predicted molar refractivity (Wildman–Crippen MR) is 51.8 cm³/mol. The average molecular weight is 165 g/mol. The van der Waals surface area contributed by atoms with Crippen LogP contribution in [0.4, 0.5) is 0 Å². The Labute approximate surface area is 73.5 Å². The second-order valence-electron chi connectivity index (χ2n) is 1.99. The lowest BCUT2D eigenvalue weighted by Gasteiger charge is -1.90. The summed E-state index contributed by atoms with van der Waals surface area (Å²) in [5.41, 5.74) is 1.15. The van der Waals surface area contributed by atoms with Crippen molar-refractivity contribution in [3.63, 3.8) is 0 Å². The van der Waals surface area contributed by atoms with Gasteiger partial charge in [-0.05, 0) is 5.56 Å². The van der Waals surface area contributed by atoms with Crippen LogP contribution in [0, 0.1) is 0 Å². The number of rotatable bonds is 2. The fourth-order valence-corrected chi connectivity index (χ4v) is 0.760. The second-order valence-corrected chi connectivity index (χ2v) is 1.99. The molecule has 66 valence electrons. The standard InChI is InChI=1S/C8H9NO.C2H6/c10-9-7-6-8-4-2-1-3-5-8;1-2/h1-5,7,10H,6H2;1-2H3. The van der Waals surface area contributed by atoms with Crippen LogP contribution in [0.5, 0.6) is 0 Å². The number of benzene rings is 1. The van der Waals surface area contributed by atoms with Gasteiger partial charge in [0.05, 0.1) is 0 Å². The molecule has 0 aromatic heterocycles. The molecule has 0 saturated carbocycles. The van der Waals surface area contributed by atoms with E-state index in [0.717, 1.165) is 5.56 Å². The molecule has 0 aliphatic carbocycles. The summed E-state index contributed by atoms with van der Waals surface area (Å²) in [6.45, 7) is 4.00. The Morgan fingerprint density at radius 1 is 1.25 bits per heavy atom. The normalized spacial score (nSPS) is 9.17. The molecule has 2 nitrogen and oxygen atoms in total. The Morgan fingerprint density at radius 3 is 2.33 bits per heavy atom. The van der Waals surface area contributed by atoms with Crippen LogP contribution in [0.2, 0.25) is 0 Å². The Morgan fingerprint density at radius 2 is 1.83 bits per heavy atom. The van der Waals surface area contributed by atoms with Crippen molar-refractivity contribution in [1.29, 1.82) is 0 Å². The number of oxime groups is 1. The first-order chi connectivity index (χ1) is 5.93. The van der Waals surface area contributed by atoms with E-state index in [0.29, 0.717) is 6.42 Å². The van der Waals surface area contributed by atoms with Crippen LogP contribution < -0.4 is 0 Å². The van der Waals surface area contributed by atoms with E-state index in [1.807, 2.05) is 44.2 Å². The molecule has 0 radical (unpaired) electrons. The minimum absolute atomic E-state index is 0.692. The Balaban J connectivity index is 0.000000561. The summed E-state index contributed by atoms with van der Waals surface area (Å²) >= 11 is 0. The van der Waals surface area contributed by atoms with E-state index in [9.17, 15) is 0 Å². The van der Waals surface area contributed by atoms with Gasteiger partial charge in [-0.2, -0.15) is 0 Å². The SMILES string of the molecule is CC.ON=CCc1ccccc1. The third kappa shape index (κ3) is 4.50. The Kier molecular flexibility index (Phi) is 6.94. The second kappa shape index (κ2) is 7.79. The minimum Gasteiger partial charge on any atom is -0.411 e. The van der Waals surface area contributed by atoms with Gasteiger partial charge in [-0.1, -0.05) is 44.2 Å². The molecule has 0 aliphatic heterocycles. The van der Waals surface area contributed by atoms with Crippen molar-refractivity contribution >= 4 is 6.21 Å². The topological polar surface area (TPSA) is 32.6 Å². The highest BCUT2D eigenvalue weighted by molar-refractivity contribution is 5.60. The first-order valence-electron chi connectivity index (χ1n) is 4.13. The van der Waals surface area contributed by atoms with Crippen molar-refractivity contribution in [2.24, 2.45) is 5.16 Å². The first kappa shape index (κ1) is 10.7. The van der Waals surface area contributed by atoms with E-state index in [4.69, 9.17) is 5.21 Å². The Bertz CT molecular complexity index is 206. The van der Waals surface area contributed by atoms with E-state index < -0.39 is 0 Å². The van der Waals surface area contributed by atoms with Crippen LogP contribution in [0.15, 0.2) is 35.5 Å². The number of hydrogen-bond acceptors (Lipinski definition) is 2.